The Morgan fingerprint density at radius 3 is 2.08 bits per heavy atom. The highest BCUT2D eigenvalue weighted by Crippen LogP contribution is 2.29. The number of hydrogen-bond donors (Lipinski definition) is 1. The van der Waals surface area contributed by atoms with Crippen LogP contribution in [0, 0.1) is 0 Å². The summed E-state index contributed by atoms with van der Waals surface area (Å²) in [7, 11) is 4.69. The molecule has 0 fully saturated rings. The Morgan fingerprint density at radius 2 is 1.58 bits per heavy atom. The maximum atomic E-state index is 12.8. The Hall–Kier alpha value is -3.22. The van der Waals surface area contributed by atoms with E-state index in [9.17, 15) is 9.59 Å². The van der Waals surface area contributed by atoms with E-state index in [4.69, 9.17) is 19.3 Å². The monoisotopic (exact) mass is 359 g/mol. The average Bonchev–Trinajstić information content (AvgIpc) is 2.65. The van der Waals surface area contributed by atoms with E-state index < -0.39 is 12.6 Å². The van der Waals surface area contributed by atoms with Gasteiger partial charge in [-0.1, -0.05) is 18.2 Å². The van der Waals surface area contributed by atoms with Crippen LogP contribution in [0.25, 0.3) is 0 Å². The van der Waals surface area contributed by atoms with Crippen molar-refractivity contribution in [3.63, 3.8) is 0 Å². The van der Waals surface area contributed by atoms with Crippen molar-refractivity contribution < 1.29 is 28.9 Å². The Kier molecular flexibility index (Phi) is 6.43. The van der Waals surface area contributed by atoms with Crippen molar-refractivity contribution in [2.75, 3.05) is 27.9 Å². The second-order valence-electron chi connectivity index (χ2n) is 5.53. The molecule has 0 aliphatic rings. The number of ether oxygens (including phenoxy) is 3. The molecule has 1 N–H and O–H groups in total. The highest BCUT2D eigenvalue weighted by molar-refractivity contribution is 5.99. The summed E-state index contributed by atoms with van der Waals surface area (Å²) in [5, 5.41) is 8.61. The van der Waals surface area contributed by atoms with Gasteiger partial charge in [0.2, 0.25) is 0 Å². The fourth-order valence-corrected chi connectivity index (χ4v) is 2.43. The predicted molar refractivity (Wildman–Crippen MR) is 94.9 cm³/mol. The number of methoxy groups -OCH3 is 2. The first-order valence-electron chi connectivity index (χ1n) is 7.86. The normalized spacial score (nSPS) is 10.1. The first-order valence-corrected chi connectivity index (χ1v) is 7.86. The molecule has 0 aliphatic heterocycles. The largest absolute Gasteiger partial charge is 0.496 e. The lowest BCUT2D eigenvalue weighted by Gasteiger charge is -2.20. The van der Waals surface area contributed by atoms with Crippen LogP contribution in [0.5, 0.6) is 17.2 Å². The molecule has 0 saturated carbocycles. The van der Waals surface area contributed by atoms with Crippen LogP contribution in [0.2, 0.25) is 0 Å². The highest BCUT2D eigenvalue weighted by Gasteiger charge is 2.21. The van der Waals surface area contributed by atoms with Gasteiger partial charge in [0.1, 0.15) is 22.8 Å². The molecule has 0 unspecified atom stereocenters. The van der Waals surface area contributed by atoms with Gasteiger partial charge in [0.05, 0.1) is 14.2 Å². The number of carbonyl (C=O) groups is 2. The van der Waals surface area contributed by atoms with E-state index >= 15 is 0 Å². The van der Waals surface area contributed by atoms with E-state index in [0.717, 1.165) is 5.56 Å². The average molecular weight is 359 g/mol. The van der Waals surface area contributed by atoms with E-state index in [1.807, 2.05) is 0 Å². The summed E-state index contributed by atoms with van der Waals surface area (Å²) in [6, 6.07) is 12.1. The maximum absolute atomic E-state index is 12.8. The molecule has 0 atom stereocenters. The van der Waals surface area contributed by atoms with E-state index in [0.29, 0.717) is 29.4 Å². The smallest absolute Gasteiger partial charge is 0.341 e. The van der Waals surface area contributed by atoms with Gasteiger partial charge in [-0.3, -0.25) is 4.79 Å². The Bertz CT molecular complexity index is 750. The molecule has 26 heavy (non-hydrogen) atoms. The van der Waals surface area contributed by atoms with Crippen LogP contribution in [0.1, 0.15) is 15.9 Å². The van der Waals surface area contributed by atoms with Gasteiger partial charge in [0, 0.05) is 13.6 Å². The number of hydrogen-bond acceptors (Lipinski definition) is 5. The Labute approximate surface area is 151 Å². The van der Waals surface area contributed by atoms with Gasteiger partial charge in [-0.25, -0.2) is 4.79 Å². The molecule has 0 aliphatic carbocycles. The third kappa shape index (κ3) is 4.66. The van der Waals surface area contributed by atoms with Crippen molar-refractivity contribution in [2.45, 2.75) is 6.54 Å². The molecule has 0 spiro atoms. The van der Waals surface area contributed by atoms with Crippen molar-refractivity contribution in [1.29, 1.82) is 0 Å². The molecular formula is C19H21NO6. The zero-order chi connectivity index (χ0) is 19.1. The number of carboxylic acids is 1. The van der Waals surface area contributed by atoms with Gasteiger partial charge in [0.15, 0.2) is 6.61 Å². The number of carboxylic acid groups (broad SMARTS) is 1. The summed E-state index contributed by atoms with van der Waals surface area (Å²) in [4.78, 5) is 24.9. The number of carbonyl (C=O) groups excluding carboxylic acids is 1. The Balaban J connectivity index is 2.11. The molecule has 2 aromatic carbocycles. The highest BCUT2D eigenvalue weighted by atomic mass is 16.5. The van der Waals surface area contributed by atoms with E-state index in [2.05, 4.69) is 0 Å². The molecule has 0 saturated heterocycles. The molecule has 0 aromatic heterocycles. The third-order valence-electron chi connectivity index (χ3n) is 3.69. The lowest BCUT2D eigenvalue weighted by Crippen LogP contribution is -2.27. The number of nitrogens with zero attached hydrogens (tertiary/aromatic N) is 1. The summed E-state index contributed by atoms with van der Waals surface area (Å²) in [5.74, 6) is 0.0735. The molecule has 7 nitrogen and oxygen atoms in total. The molecule has 7 heteroatoms. The minimum absolute atomic E-state index is 0.231. The zero-order valence-corrected chi connectivity index (χ0v) is 14.9. The van der Waals surface area contributed by atoms with Crippen LogP contribution in [-0.2, 0) is 11.3 Å². The third-order valence-corrected chi connectivity index (χ3v) is 3.69. The Morgan fingerprint density at radius 1 is 1.00 bits per heavy atom. The molecule has 1 amide bonds. The van der Waals surface area contributed by atoms with Gasteiger partial charge in [0.25, 0.3) is 5.91 Å². The quantitative estimate of drug-likeness (QED) is 0.779. The minimum atomic E-state index is -1.04. The second-order valence-corrected chi connectivity index (χ2v) is 5.53. The standard InChI is InChI=1S/C19H21NO6/c1-20(11-13-7-9-14(10-8-13)26-12-17(21)22)19(23)18-15(24-2)5-4-6-16(18)25-3/h4-10H,11-12H2,1-3H3,(H,21,22). The van der Waals surface area contributed by atoms with Gasteiger partial charge in [-0.05, 0) is 29.8 Å². The first-order chi connectivity index (χ1) is 12.5. The van der Waals surface area contributed by atoms with Gasteiger partial charge < -0.3 is 24.2 Å². The number of benzene rings is 2. The fourth-order valence-electron chi connectivity index (χ4n) is 2.43. The van der Waals surface area contributed by atoms with Crippen molar-refractivity contribution in [3.05, 3.63) is 53.6 Å². The molecule has 0 bridgehead atoms. The minimum Gasteiger partial charge on any atom is -0.496 e. The first kappa shape index (κ1) is 19.1. The van der Waals surface area contributed by atoms with Gasteiger partial charge in [-0.2, -0.15) is 0 Å². The molecule has 2 rings (SSSR count). The van der Waals surface area contributed by atoms with Gasteiger partial charge in [-0.15, -0.1) is 0 Å². The van der Waals surface area contributed by atoms with Gasteiger partial charge >= 0.3 is 5.97 Å². The number of aliphatic carboxylic acids is 1. The van der Waals surface area contributed by atoms with Crippen LogP contribution >= 0.6 is 0 Å². The number of rotatable bonds is 8. The lowest BCUT2D eigenvalue weighted by molar-refractivity contribution is -0.139. The molecule has 0 heterocycles. The molecule has 138 valence electrons. The SMILES string of the molecule is COc1cccc(OC)c1C(=O)N(C)Cc1ccc(OCC(=O)O)cc1. The van der Waals surface area contributed by atoms with Crippen molar-refractivity contribution >= 4 is 11.9 Å². The fraction of sp³-hybridized carbons (Fsp3) is 0.263. The van der Waals surface area contributed by atoms with E-state index in [-0.39, 0.29) is 5.91 Å². The maximum Gasteiger partial charge on any atom is 0.341 e. The van der Waals surface area contributed by atoms with E-state index in [1.165, 1.54) is 14.2 Å². The van der Waals surface area contributed by atoms with Crippen LogP contribution < -0.4 is 14.2 Å². The summed E-state index contributed by atoms with van der Waals surface area (Å²) in [6.45, 7) is -0.0371. The van der Waals surface area contributed by atoms with Crippen LogP contribution in [0.3, 0.4) is 0 Å². The topological polar surface area (TPSA) is 85.3 Å². The van der Waals surface area contributed by atoms with Crippen molar-refractivity contribution in [3.8, 4) is 17.2 Å². The molecular weight excluding hydrogens is 338 g/mol. The summed E-state index contributed by atoms with van der Waals surface area (Å²) >= 11 is 0. The summed E-state index contributed by atoms with van der Waals surface area (Å²) in [6.07, 6.45) is 0. The van der Waals surface area contributed by atoms with E-state index in [1.54, 1.807) is 54.4 Å². The predicted octanol–water partition coefficient (Wildman–Crippen LogP) is 2.44. The van der Waals surface area contributed by atoms with Crippen LogP contribution in [0.15, 0.2) is 42.5 Å². The molecule has 2 aromatic rings. The zero-order valence-electron chi connectivity index (χ0n) is 14.9. The van der Waals surface area contributed by atoms with Crippen LogP contribution in [0.4, 0.5) is 0 Å². The summed E-state index contributed by atoms with van der Waals surface area (Å²) in [5.41, 5.74) is 1.24. The van der Waals surface area contributed by atoms with Crippen LogP contribution in [-0.4, -0.2) is 49.8 Å². The second kappa shape index (κ2) is 8.75. The number of amides is 1. The molecule has 0 radical (unpaired) electrons. The lowest BCUT2D eigenvalue weighted by atomic mass is 10.1. The summed E-state index contributed by atoms with van der Waals surface area (Å²) < 4.78 is 15.7. The van der Waals surface area contributed by atoms with Crippen molar-refractivity contribution in [2.24, 2.45) is 0 Å². The van der Waals surface area contributed by atoms with Crippen molar-refractivity contribution in [1.82, 2.24) is 4.90 Å².